The molecular formula is C15H20O2S. The first kappa shape index (κ1) is 13.6. The van der Waals surface area contributed by atoms with Crippen molar-refractivity contribution in [2.45, 2.75) is 31.6 Å². The van der Waals surface area contributed by atoms with Crippen LogP contribution in [0, 0.1) is 11.8 Å². The van der Waals surface area contributed by atoms with Crippen molar-refractivity contribution in [1.82, 2.24) is 0 Å². The van der Waals surface area contributed by atoms with Crippen LogP contribution in [-0.4, -0.2) is 23.2 Å². The van der Waals surface area contributed by atoms with Gasteiger partial charge in [0.05, 0.1) is 6.61 Å². The maximum absolute atomic E-state index is 12.3. The van der Waals surface area contributed by atoms with Gasteiger partial charge < -0.3 is 5.11 Å². The molecule has 1 aromatic rings. The van der Waals surface area contributed by atoms with Crippen molar-refractivity contribution < 1.29 is 9.90 Å². The number of carbonyl (C=O) groups is 1. The van der Waals surface area contributed by atoms with E-state index in [1.54, 1.807) is 0 Å². The minimum atomic E-state index is -0.278. The van der Waals surface area contributed by atoms with Crippen LogP contribution >= 0.6 is 11.8 Å². The normalized spacial score (nSPS) is 16.4. The van der Waals surface area contributed by atoms with E-state index in [1.165, 1.54) is 22.6 Å². The number of aliphatic hydroxyl groups is 1. The smallest absolute Gasteiger partial charge is 0.168 e. The monoisotopic (exact) mass is 264 g/mol. The topological polar surface area (TPSA) is 37.3 Å². The van der Waals surface area contributed by atoms with Crippen molar-refractivity contribution >= 4 is 17.5 Å². The second-order valence-corrected chi connectivity index (χ2v) is 6.31. The number of benzene rings is 1. The van der Waals surface area contributed by atoms with Crippen molar-refractivity contribution in [3.05, 3.63) is 29.3 Å². The molecule has 2 rings (SSSR count). The van der Waals surface area contributed by atoms with Crippen LogP contribution in [0.5, 0.6) is 0 Å². The van der Waals surface area contributed by atoms with Crippen molar-refractivity contribution in [1.29, 1.82) is 0 Å². The summed E-state index contributed by atoms with van der Waals surface area (Å²) in [5, 5.41) is 9.34. The SMILES string of the molecule is CC(C)C(CO)C(=O)c1ccc2c(c1)CCCS2. The number of fused-ring (bicyclic) bond motifs is 1. The Morgan fingerprint density at radius 1 is 1.44 bits per heavy atom. The van der Waals surface area contributed by atoms with E-state index in [1.807, 2.05) is 37.7 Å². The highest BCUT2D eigenvalue weighted by atomic mass is 32.2. The Morgan fingerprint density at radius 3 is 2.89 bits per heavy atom. The van der Waals surface area contributed by atoms with Gasteiger partial charge in [-0.3, -0.25) is 4.79 Å². The summed E-state index contributed by atoms with van der Waals surface area (Å²) in [7, 11) is 0. The maximum Gasteiger partial charge on any atom is 0.168 e. The van der Waals surface area contributed by atoms with Crippen LogP contribution in [0.2, 0.25) is 0 Å². The highest BCUT2D eigenvalue weighted by molar-refractivity contribution is 7.99. The molecule has 1 heterocycles. The Hall–Kier alpha value is -0.800. The van der Waals surface area contributed by atoms with E-state index in [-0.39, 0.29) is 24.2 Å². The van der Waals surface area contributed by atoms with Gasteiger partial charge in [-0.25, -0.2) is 0 Å². The van der Waals surface area contributed by atoms with Crippen LogP contribution in [0.15, 0.2) is 23.1 Å². The molecule has 0 saturated heterocycles. The van der Waals surface area contributed by atoms with Gasteiger partial charge in [0.2, 0.25) is 0 Å². The summed E-state index contributed by atoms with van der Waals surface area (Å²) in [6, 6.07) is 5.99. The molecule has 0 radical (unpaired) electrons. The average Bonchev–Trinajstić information content (AvgIpc) is 2.38. The van der Waals surface area contributed by atoms with E-state index >= 15 is 0 Å². The number of carbonyl (C=O) groups excluding carboxylic acids is 1. The van der Waals surface area contributed by atoms with E-state index in [0.717, 1.165) is 12.0 Å². The number of rotatable bonds is 4. The molecular weight excluding hydrogens is 244 g/mol. The molecule has 18 heavy (non-hydrogen) atoms. The molecule has 0 amide bonds. The summed E-state index contributed by atoms with van der Waals surface area (Å²) in [6.07, 6.45) is 2.25. The fourth-order valence-electron chi connectivity index (χ4n) is 2.32. The molecule has 1 N–H and O–H groups in total. The fourth-order valence-corrected chi connectivity index (χ4v) is 3.34. The van der Waals surface area contributed by atoms with E-state index in [9.17, 15) is 9.90 Å². The molecule has 1 unspecified atom stereocenters. The second-order valence-electron chi connectivity index (χ2n) is 5.17. The van der Waals surface area contributed by atoms with E-state index in [4.69, 9.17) is 0 Å². The zero-order valence-corrected chi connectivity index (χ0v) is 11.8. The number of thioether (sulfide) groups is 1. The number of aryl methyl sites for hydroxylation is 1. The van der Waals surface area contributed by atoms with Gasteiger partial charge in [0.15, 0.2) is 5.78 Å². The predicted octanol–water partition coefficient (Wildman–Crippen LogP) is 3.17. The summed E-state index contributed by atoms with van der Waals surface area (Å²) in [5.74, 6) is 1.14. The lowest BCUT2D eigenvalue weighted by Gasteiger charge is -2.19. The van der Waals surface area contributed by atoms with Crippen LogP contribution < -0.4 is 0 Å². The number of hydrogen-bond acceptors (Lipinski definition) is 3. The molecule has 0 fully saturated rings. The summed E-state index contributed by atoms with van der Waals surface area (Å²) in [4.78, 5) is 13.6. The van der Waals surface area contributed by atoms with Crippen LogP contribution in [0.3, 0.4) is 0 Å². The standard InChI is InChI=1S/C15H20O2S/c1-10(2)13(9-16)15(17)12-5-6-14-11(8-12)4-3-7-18-14/h5-6,8,10,13,16H,3-4,7,9H2,1-2H3. The number of Topliss-reactive ketones (excluding diaryl/α,β-unsaturated/α-hetero) is 1. The Kier molecular flexibility index (Phi) is 4.46. The van der Waals surface area contributed by atoms with Crippen molar-refractivity contribution in [2.75, 3.05) is 12.4 Å². The lowest BCUT2D eigenvalue weighted by molar-refractivity contribution is 0.0806. The van der Waals surface area contributed by atoms with Crippen LogP contribution in [0.4, 0.5) is 0 Å². The molecule has 1 aromatic carbocycles. The lowest BCUT2D eigenvalue weighted by atomic mass is 9.88. The molecule has 0 aliphatic carbocycles. The van der Waals surface area contributed by atoms with Crippen molar-refractivity contribution in [3.8, 4) is 0 Å². The largest absolute Gasteiger partial charge is 0.396 e. The number of aliphatic hydroxyl groups excluding tert-OH is 1. The molecule has 0 spiro atoms. The zero-order chi connectivity index (χ0) is 13.1. The van der Waals surface area contributed by atoms with Crippen LogP contribution in [0.25, 0.3) is 0 Å². The Balaban J connectivity index is 2.25. The molecule has 0 aromatic heterocycles. The third kappa shape index (κ3) is 2.78. The van der Waals surface area contributed by atoms with E-state index < -0.39 is 0 Å². The Labute approximate surface area is 113 Å². The van der Waals surface area contributed by atoms with Gasteiger partial charge >= 0.3 is 0 Å². The van der Waals surface area contributed by atoms with Gasteiger partial charge in [0, 0.05) is 16.4 Å². The summed E-state index contributed by atoms with van der Waals surface area (Å²) in [5.41, 5.74) is 2.04. The molecule has 0 bridgehead atoms. The third-order valence-electron chi connectivity index (χ3n) is 3.53. The van der Waals surface area contributed by atoms with Gasteiger partial charge in [-0.05, 0) is 42.2 Å². The number of ketones is 1. The van der Waals surface area contributed by atoms with Crippen molar-refractivity contribution in [2.24, 2.45) is 11.8 Å². The molecule has 3 heteroatoms. The Morgan fingerprint density at radius 2 is 2.22 bits per heavy atom. The fraction of sp³-hybridized carbons (Fsp3) is 0.533. The van der Waals surface area contributed by atoms with Gasteiger partial charge in [-0.15, -0.1) is 11.8 Å². The molecule has 98 valence electrons. The third-order valence-corrected chi connectivity index (χ3v) is 4.73. The minimum Gasteiger partial charge on any atom is -0.396 e. The Bertz CT molecular complexity index is 440. The molecule has 2 nitrogen and oxygen atoms in total. The minimum absolute atomic E-state index is 0.0671. The van der Waals surface area contributed by atoms with Crippen molar-refractivity contribution in [3.63, 3.8) is 0 Å². The van der Waals surface area contributed by atoms with Gasteiger partial charge in [0.1, 0.15) is 0 Å². The van der Waals surface area contributed by atoms with Gasteiger partial charge in [-0.2, -0.15) is 0 Å². The van der Waals surface area contributed by atoms with Gasteiger partial charge in [0.25, 0.3) is 0 Å². The van der Waals surface area contributed by atoms with Crippen LogP contribution in [0.1, 0.15) is 36.2 Å². The van der Waals surface area contributed by atoms with Crippen LogP contribution in [-0.2, 0) is 6.42 Å². The molecule has 1 atom stereocenters. The zero-order valence-electron chi connectivity index (χ0n) is 11.0. The van der Waals surface area contributed by atoms with E-state index in [0.29, 0.717) is 0 Å². The second kappa shape index (κ2) is 5.89. The number of hydrogen-bond donors (Lipinski definition) is 1. The highest BCUT2D eigenvalue weighted by Crippen LogP contribution is 2.31. The lowest BCUT2D eigenvalue weighted by Crippen LogP contribution is -2.24. The average molecular weight is 264 g/mol. The quantitative estimate of drug-likeness (QED) is 0.849. The van der Waals surface area contributed by atoms with E-state index in [2.05, 4.69) is 6.07 Å². The molecule has 1 aliphatic heterocycles. The summed E-state index contributed by atoms with van der Waals surface area (Å²) in [6.45, 7) is 3.89. The summed E-state index contributed by atoms with van der Waals surface area (Å²) < 4.78 is 0. The summed E-state index contributed by atoms with van der Waals surface area (Å²) >= 11 is 1.87. The predicted molar refractivity (Wildman–Crippen MR) is 75.2 cm³/mol. The molecule has 1 aliphatic rings. The maximum atomic E-state index is 12.3. The van der Waals surface area contributed by atoms with Gasteiger partial charge in [-0.1, -0.05) is 19.9 Å². The first-order valence-electron chi connectivity index (χ1n) is 6.54. The first-order valence-corrected chi connectivity index (χ1v) is 7.53. The highest BCUT2D eigenvalue weighted by Gasteiger charge is 2.23. The first-order chi connectivity index (χ1) is 8.63. The molecule has 0 saturated carbocycles.